The van der Waals surface area contributed by atoms with Crippen LogP contribution in [0.15, 0.2) is 41.3 Å². The number of amides is 1. The number of benzene rings is 1. The number of ketones is 1. The van der Waals surface area contributed by atoms with Crippen LogP contribution in [0.25, 0.3) is 5.76 Å². The van der Waals surface area contributed by atoms with Crippen molar-refractivity contribution in [3.63, 3.8) is 0 Å². The van der Waals surface area contributed by atoms with Gasteiger partial charge in [-0.3, -0.25) is 14.5 Å². The maximum atomic E-state index is 13.1. The molecule has 1 aromatic heterocycles. The van der Waals surface area contributed by atoms with Crippen molar-refractivity contribution in [2.24, 2.45) is 0 Å². The van der Waals surface area contributed by atoms with Gasteiger partial charge in [-0.15, -0.1) is 11.3 Å². The third-order valence-electron chi connectivity index (χ3n) is 6.28. The summed E-state index contributed by atoms with van der Waals surface area (Å²) in [5.74, 6) is -0.517. The summed E-state index contributed by atoms with van der Waals surface area (Å²) in [6, 6.07) is 8.66. The lowest BCUT2D eigenvalue weighted by atomic mass is 9.98. The Labute approximate surface area is 190 Å². The predicted molar refractivity (Wildman–Crippen MR) is 121 cm³/mol. The van der Waals surface area contributed by atoms with E-state index in [9.17, 15) is 14.7 Å². The van der Waals surface area contributed by atoms with Crippen molar-refractivity contribution in [2.45, 2.75) is 25.5 Å². The van der Waals surface area contributed by atoms with E-state index in [1.54, 1.807) is 11.0 Å². The molecule has 2 unspecified atom stereocenters. The van der Waals surface area contributed by atoms with Crippen LogP contribution in [-0.2, 0) is 20.7 Å². The van der Waals surface area contributed by atoms with E-state index in [0.29, 0.717) is 31.9 Å². The van der Waals surface area contributed by atoms with Crippen LogP contribution in [0.5, 0.6) is 5.75 Å². The summed E-state index contributed by atoms with van der Waals surface area (Å²) in [4.78, 5) is 30.8. The van der Waals surface area contributed by atoms with Crippen molar-refractivity contribution in [2.75, 3.05) is 39.4 Å². The molecule has 2 fully saturated rings. The molecule has 168 valence electrons. The van der Waals surface area contributed by atoms with Crippen LogP contribution in [0.4, 0.5) is 0 Å². The number of morpholine rings is 1. The summed E-state index contributed by atoms with van der Waals surface area (Å²) < 4.78 is 11.2. The fourth-order valence-corrected chi connectivity index (χ4v) is 5.50. The first-order chi connectivity index (χ1) is 15.5. The molecule has 0 radical (unpaired) electrons. The fourth-order valence-electron chi connectivity index (χ4n) is 4.65. The largest absolute Gasteiger partial charge is 0.507 e. The van der Waals surface area contributed by atoms with Crippen LogP contribution < -0.4 is 4.74 Å². The zero-order valence-electron chi connectivity index (χ0n) is 18.0. The maximum Gasteiger partial charge on any atom is 0.295 e. The molecule has 0 aliphatic carbocycles. The van der Waals surface area contributed by atoms with Gasteiger partial charge in [-0.25, -0.2) is 0 Å². The molecule has 3 aliphatic rings. The molecule has 5 rings (SSSR count). The molecule has 2 aromatic rings. The van der Waals surface area contributed by atoms with E-state index >= 15 is 0 Å². The Balaban J connectivity index is 1.49. The second-order valence-electron chi connectivity index (χ2n) is 8.42. The first-order valence-electron chi connectivity index (χ1n) is 10.9. The van der Waals surface area contributed by atoms with E-state index in [1.807, 2.05) is 36.6 Å². The highest BCUT2D eigenvalue weighted by molar-refractivity contribution is 7.10. The Morgan fingerprint density at radius 1 is 1.19 bits per heavy atom. The van der Waals surface area contributed by atoms with Crippen molar-refractivity contribution in [3.8, 4) is 5.75 Å². The van der Waals surface area contributed by atoms with Gasteiger partial charge in [-0.2, -0.15) is 0 Å². The summed E-state index contributed by atoms with van der Waals surface area (Å²) in [6.45, 7) is 6.04. The van der Waals surface area contributed by atoms with Gasteiger partial charge in [0.15, 0.2) is 0 Å². The summed E-state index contributed by atoms with van der Waals surface area (Å²) in [5.41, 5.74) is 1.69. The molecule has 2 atom stereocenters. The molecule has 1 N–H and O–H groups in total. The van der Waals surface area contributed by atoms with E-state index in [0.717, 1.165) is 35.7 Å². The van der Waals surface area contributed by atoms with Gasteiger partial charge in [0.1, 0.15) is 17.6 Å². The lowest BCUT2D eigenvalue weighted by Gasteiger charge is -2.30. The summed E-state index contributed by atoms with van der Waals surface area (Å²) in [7, 11) is 0. The number of thiophene rings is 1. The van der Waals surface area contributed by atoms with Crippen molar-refractivity contribution < 1.29 is 24.2 Å². The highest BCUT2D eigenvalue weighted by atomic mass is 32.1. The van der Waals surface area contributed by atoms with Gasteiger partial charge in [0, 0.05) is 43.0 Å². The summed E-state index contributed by atoms with van der Waals surface area (Å²) >= 11 is 1.48. The van der Waals surface area contributed by atoms with Crippen molar-refractivity contribution in [1.29, 1.82) is 0 Å². The Morgan fingerprint density at radius 3 is 2.75 bits per heavy atom. The highest BCUT2D eigenvalue weighted by Crippen LogP contribution is 2.41. The number of hydrogen-bond donors (Lipinski definition) is 1. The van der Waals surface area contributed by atoms with Crippen LogP contribution >= 0.6 is 11.3 Å². The molecule has 32 heavy (non-hydrogen) atoms. The topological polar surface area (TPSA) is 79.3 Å². The van der Waals surface area contributed by atoms with Gasteiger partial charge in [-0.05, 0) is 42.1 Å². The number of Topliss-reactive ketones (excluding diaryl/α,β-unsaturated/α-hetero) is 1. The third-order valence-corrected chi connectivity index (χ3v) is 7.21. The number of carbonyl (C=O) groups is 2. The molecular weight excluding hydrogens is 428 g/mol. The van der Waals surface area contributed by atoms with E-state index in [2.05, 4.69) is 4.90 Å². The molecule has 4 heterocycles. The Morgan fingerprint density at radius 2 is 2.00 bits per heavy atom. The number of fused-ring (bicyclic) bond motifs is 1. The lowest BCUT2D eigenvalue weighted by Crippen LogP contribution is -2.42. The molecular formula is C24H26N2O5S. The first-order valence-corrected chi connectivity index (χ1v) is 11.8. The van der Waals surface area contributed by atoms with Gasteiger partial charge in [-0.1, -0.05) is 6.07 Å². The minimum absolute atomic E-state index is 0.0827. The first kappa shape index (κ1) is 21.2. The molecule has 3 aliphatic heterocycles. The van der Waals surface area contributed by atoms with Crippen LogP contribution in [0, 0.1) is 0 Å². The standard InChI is InChI=1S/C24H26N2O5S/c1-15-13-17-14-16(4-5-18(17)31-15)22(27)20-21(19-3-2-12-32-19)26(24(29)23(20)28)7-6-25-8-10-30-11-9-25/h2-5,12,14-15,21,27H,6-11,13H2,1H3/b22-20-. The smallest absolute Gasteiger partial charge is 0.295 e. The molecule has 1 aromatic carbocycles. The molecule has 7 nitrogen and oxygen atoms in total. The molecule has 8 heteroatoms. The third kappa shape index (κ3) is 3.83. The van der Waals surface area contributed by atoms with Crippen LogP contribution in [0.2, 0.25) is 0 Å². The highest BCUT2D eigenvalue weighted by Gasteiger charge is 2.46. The van der Waals surface area contributed by atoms with Crippen LogP contribution in [-0.4, -0.2) is 72.1 Å². The van der Waals surface area contributed by atoms with Crippen molar-refractivity contribution in [3.05, 3.63) is 57.3 Å². The van der Waals surface area contributed by atoms with Gasteiger partial charge in [0.2, 0.25) is 0 Å². The average Bonchev–Trinajstić information content (AvgIpc) is 3.51. The quantitative estimate of drug-likeness (QED) is 0.425. The lowest BCUT2D eigenvalue weighted by molar-refractivity contribution is -0.140. The molecule has 0 spiro atoms. The Kier molecular flexibility index (Phi) is 5.75. The number of rotatable bonds is 5. The van der Waals surface area contributed by atoms with E-state index < -0.39 is 17.7 Å². The van der Waals surface area contributed by atoms with Gasteiger partial charge in [0.25, 0.3) is 11.7 Å². The second-order valence-corrected chi connectivity index (χ2v) is 9.40. The molecule has 0 saturated carbocycles. The van der Waals surface area contributed by atoms with Crippen LogP contribution in [0.1, 0.15) is 29.0 Å². The zero-order valence-corrected chi connectivity index (χ0v) is 18.8. The number of aliphatic hydroxyl groups excluding tert-OH is 1. The SMILES string of the molecule is CC1Cc2cc(/C(O)=C3/C(=O)C(=O)N(CCN4CCOCC4)C3c3cccs3)ccc2O1. The van der Waals surface area contributed by atoms with E-state index in [1.165, 1.54) is 11.3 Å². The van der Waals surface area contributed by atoms with E-state index in [4.69, 9.17) is 9.47 Å². The number of likely N-dealkylation sites (tertiary alicyclic amines) is 1. The van der Waals surface area contributed by atoms with Gasteiger partial charge in [0.05, 0.1) is 24.8 Å². The van der Waals surface area contributed by atoms with Crippen LogP contribution in [0.3, 0.4) is 0 Å². The molecule has 0 bridgehead atoms. The fraction of sp³-hybridized carbons (Fsp3) is 0.417. The Hall–Kier alpha value is -2.68. The predicted octanol–water partition coefficient (Wildman–Crippen LogP) is 2.83. The number of ether oxygens (including phenoxy) is 2. The number of aliphatic hydroxyl groups is 1. The molecule has 2 saturated heterocycles. The zero-order chi connectivity index (χ0) is 22.2. The van der Waals surface area contributed by atoms with Gasteiger partial charge < -0.3 is 19.5 Å². The van der Waals surface area contributed by atoms with Crippen molar-refractivity contribution in [1.82, 2.24) is 9.80 Å². The monoisotopic (exact) mass is 454 g/mol. The average molecular weight is 455 g/mol. The number of carbonyl (C=O) groups excluding carboxylic acids is 2. The second kappa shape index (κ2) is 8.69. The summed E-state index contributed by atoms with van der Waals surface area (Å²) in [6.07, 6.45) is 0.831. The van der Waals surface area contributed by atoms with E-state index in [-0.39, 0.29) is 17.4 Å². The molecule has 1 amide bonds. The normalized spacial score (nSPS) is 25.2. The van der Waals surface area contributed by atoms with Crippen molar-refractivity contribution >= 4 is 28.8 Å². The summed E-state index contributed by atoms with van der Waals surface area (Å²) in [5, 5.41) is 13.1. The Bertz CT molecular complexity index is 1060. The maximum absolute atomic E-state index is 13.1. The minimum Gasteiger partial charge on any atom is -0.507 e. The number of hydrogen-bond acceptors (Lipinski definition) is 7. The number of nitrogens with zero attached hydrogens (tertiary/aromatic N) is 2. The minimum atomic E-state index is -0.631. The van der Waals surface area contributed by atoms with Gasteiger partial charge >= 0.3 is 0 Å².